The zero-order valence-electron chi connectivity index (χ0n) is 7.55. The third-order valence-electron chi connectivity index (χ3n) is 2.40. The molecule has 0 spiro atoms. The van der Waals surface area contributed by atoms with E-state index in [2.05, 4.69) is 32.7 Å². The van der Waals surface area contributed by atoms with Crippen molar-refractivity contribution >= 4 is 27.3 Å². The molecule has 0 unspecified atom stereocenters. The van der Waals surface area contributed by atoms with Crippen molar-refractivity contribution in [2.45, 2.75) is 25.8 Å². The highest BCUT2D eigenvalue weighted by Gasteiger charge is 2.19. The Morgan fingerprint density at radius 1 is 1.54 bits per heavy atom. The van der Waals surface area contributed by atoms with Gasteiger partial charge in [0.25, 0.3) is 0 Å². The minimum absolute atomic E-state index is 1.02. The number of hydrogen-bond donors (Lipinski definition) is 1. The maximum Gasteiger partial charge on any atom is 0.0327 e. The predicted molar refractivity (Wildman–Crippen MR) is 61.1 cm³/mol. The standard InChI is InChI=1S/C10H14BrNS/c11-9-4-6-13-10(9)7-12-5-3-8-1-2-8/h4,6,8,12H,1-3,5,7H2. The lowest BCUT2D eigenvalue weighted by molar-refractivity contribution is 0.616. The molecule has 0 aromatic carbocycles. The molecule has 2 rings (SSSR count). The number of thiophene rings is 1. The fourth-order valence-electron chi connectivity index (χ4n) is 1.37. The van der Waals surface area contributed by atoms with E-state index in [0.717, 1.165) is 12.5 Å². The van der Waals surface area contributed by atoms with Gasteiger partial charge in [0.2, 0.25) is 0 Å². The van der Waals surface area contributed by atoms with Crippen LogP contribution >= 0.6 is 27.3 Å². The van der Waals surface area contributed by atoms with Crippen LogP contribution in [0.2, 0.25) is 0 Å². The van der Waals surface area contributed by atoms with E-state index >= 15 is 0 Å². The van der Waals surface area contributed by atoms with Crippen molar-refractivity contribution in [3.05, 3.63) is 20.8 Å². The van der Waals surface area contributed by atoms with E-state index < -0.39 is 0 Å². The molecule has 1 aromatic heterocycles. The van der Waals surface area contributed by atoms with Crippen LogP contribution in [-0.4, -0.2) is 6.54 Å². The van der Waals surface area contributed by atoms with Gasteiger partial charge in [0.15, 0.2) is 0 Å². The van der Waals surface area contributed by atoms with Gasteiger partial charge < -0.3 is 5.32 Å². The Kier molecular flexibility index (Phi) is 3.41. The lowest BCUT2D eigenvalue weighted by Crippen LogP contribution is -2.14. The normalized spacial score (nSPS) is 16.4. The quantitative estimate of drug-likeness (QED) is 0.800. The molecule has 0 aliphatic heterocycles. The van der Waals surface area contributed by atoms with Crippen LogP contribution in [0.3, 0.4) is 0 Å². The van der Waals surface area contributed by atoms with Crippen molar-refractivity contribution in [2.24, 2.45) is 5.92 Å². The summed E-state index contributed by atoms with van der Waals surface area (Å²) in [4.78, 5) is 1.41. The molecule has 1 heterocycles. The maximum atomic E-state index is 3.53. The first kappa shape index (κ1) is 9.69. The number of hydrogen-bond acceptors (Lipinski definition) is 2. The smallest absolute Gasteiger partial charge is 0.0327 e. The molecule has 1 N–H and O–H groups in total. The zero-order valence-corrected chi connectivity index (χ0v) is 9.96. The van der Waals surface area contributed by atoms with E-state index in [0.29, 0.717) is 0 Å². The fraction of sp³-hybridized carbons (Fsp3) is 0.600. The molecule has 1 saturated carbocycles. The first-order valence-electron chi connectivity index (χ1n) is 4.79. The van der Waals surface area contributed by atoms with Crippen molar-refractivity contribution < 1.29 is 0 Å². The summed E-state index contributed by atoms with van der Waals surface area (Å²) in [5.74, 6) is 1.04. The molecule has 0 saturated heterocycles. The molecule has 0 radical (unpaired) electrons. The van der Waals surface area contributed by atoms with Gasteiger partial charge in [0, 0.05) is 15.9 Å². The molecule has 1 aromatic rings. The summed E-state index contributed by atoms with van der Waals surface area (Å²) in [7, 11) is 0. The summed E-state index contributed by atoms with van der Waals surface area (Å²) >= 11 is 5.34. The van der Waals surface area contributed by atoms with E-state index in [-0.39, 0.29) is 0 Å². The Morgan fingerprint density at radius 3 is 3.00 bits per heavy atom. The maximum absolute atomic E-state index is 3.53. The summed E-state index contributed by atoms with van der Waals surface area (Å²) < 4.78 is 1.25. The Bertz CT molecular complexity index is 268. The van der Waals surface area contributed by atoms with Crippen LogP contribution in [0.1, 0.15) is 24.1 Å². The Hall–Kier alpha value is 0.140. The van der Waals surface area contributed by atoms with Crippen LogP contribution in [0.4, 0.5) is 0 Å². The van der Waals surface area contributed by atoms with Crippen molar-refractivity contribution in [1.82, 2.24) is 5.32 Å². The highest BCUT2D eigenvalue weighted by Crippen LogP contribution is 2.31. The second kappa shape index (κ2) is 4.58. The molecule has 1 fully saturated rings. The van der Waals surface area contributed by atoms with Crippen LogP contribution in [-0.2, 0) is 6.54 Å². The lowest BCUT2D eigenvalue weighted by Gasteiger charge is -2.02. The fourth-order valence-corrected chi connectivity index (χ4v) is 2.83. The van der Waals surface area contributed by atoms with Gasteiger partial charge >= 0.3 is 0 Å². The Labute approximate surface area is 91.7 Å². The molecule has 1 aliphatic rings. The first-order valence-corrected chi connectivity index (χ1v) is 6.46. The van der Waals surface area contributed by atoms with Gasteiger partial charge in [-0.05, 0) is 46.3 Å². The van der Waals surface area contributed by atoms with Gasteiger partial charge in [-0.3, -0.25) is 0 Å². The van der Waals surface area contributed by atoms with E-state index in [4.69, 9.17) is 0 Å². The minimum Gasteiger partial charge on any atom is -0.312 e. The van der Waals surface area contributed by atoms with Crippen LogP contribution in [0.15, 0.2) is 15.9 Å². The Balaban J connectivity index is 1.64. The van der Waals surface area contributed by atoms with Crippen LogP contribution in [0, 0.1) is 5.92 Å². The molecule has 0 bridgehead atoms. The van der Waals surface area contributed by atoms with Crippen molar-refractivity contribution in [3.8, 4) is 0 Å². The number of halogens is 1. The molecule has 0 atom stereocenters. The largest absolute Gasteiger partial charge is 0.312 e. The van der Waals surface area contributed by atoms with Gasteiger partial charge in [-0.2, -0.15) is 0 Å². The van der Waals surface area contributed by atoms with E-state index in [1.807, 2.05) is 11.3 Å². The molecule has 1 aliphatic carbocycles. The highest BCUT2D eigenvalue weighted by molar-refractivity contribution is 9.10. The van der Waals surface area contributed by atoms with Gasteiger partial charge in [-0.25, -0.2) is 0 Å². The summed E-state index contributed by atoms with van der Waals surface area (Å²) in [6, 6.07) is 2.11. The van der Waals surface area contributed by atoms with Gasteiger partial charge in [0.1, 0.15) is 0 Å². The van der Waals surface area contributed by atoms with Crippen molar-refractivity contribution in [3.63, 3.8) is 0 Å². The molecule has 0 amide bonds. The van der Waals surface area contributed by atoms with Crippen molar-refractivity contribution in [2.75, 3.05) is 6.54 Å². The Morgan fingerprint density at radius 2 is 2.38 bits per heavy atom. The highest BCUT2D eigenvalue weighted by atomic mass is 79.9. The van der Waals surface area contributed by atoms with Crippen LogP contribution < -0.4 is 5.32 Å². The molecule has 13 heavy (non-hydrogen) atoms. The number of nitrogens with one attached hydrogen (secondary N) is 1. The summed E-state index contributed by atoms with van der Waals surface area (Å²) in [6.07, 6.45) is 4.29. The van der Waals surface area contributed by atoms with Crippen LogP contribution in [0.5, 0.6) is 0 Å². The van der Waals surface area contributed by atoms with Gasteiger partial charge in [0.05, 0.1) is 0 Å². The summed E-state index contributed by atoms with van der Waals surface area (Å²) in [6.45, 7) is 2.19. The zero-order chi connectivity index (χ0) is 9.10. The van der Waals surface area contributed by atoms with Crippen LogP contribution in [0.25, 0.3) is 0 Å². The third-order valence-corrected chi connectivity index (χ3v) is 4.33. The monoisotopic (exact) mass is 259 g/mol. The summed E-state index contributed by atoms with van der Waals surface area (Å²) in [5, 5.41) is 5.61. The summed E-state index contributed by atoms with van der Waals surface area (Å²) in [5.41, 5.74) is 0. The lowest BCUT2D eigenvalue weighted by atomic mass is 10.3. The molecular weight excluding hydrogens is 246 g/mol. The average molecular weight is 260 g/mol. The van der Waals surface area contributed by atoms with Gasteiger partial charge in [-0.15, -0.1) is 11.3 Å². The molecule has 1 nitrogen and oxygen atoms in total. The predicted octanol–water partition coefficient (Wildman–Crippen LogP) is 3.40. The second-order valence-electron chi connectivity index (χ2n) is 3.60. The minimum atomic E-state index is 1.02. The second-order valence-corrected chi connectivity index (χ2v) is 5.46. The number of rotatable bonds is 5. The first-order chi connectivity index (χ1) is 6.36. The SMILES string of the molecule is Brc1ccsc1CNCCC1CC1. The van der Waals surface area contributed by atoms with Gasteiger partial charge in [-0.1, -0.05) is 12.8 Å². The molecular formula is C10H14BrNS. The van der Waals surface area contributed by atoms with E-state index in [1.54, 1.807) is 0 Å². The topological polar surface area (TPSA) is 12.0 Å². The van der Waals surface area contributed by atoms with E-state index in [1.165, 1.54) is 35.2 Å². The third kappa shape index (κ3) is 3.08. The van der Waals surface area contributed by atoms with E-state index in [9.17, 15) is 0 Å². The average Bonchev–Trinajstić information content (AvgIpc) is 2.86. The molecule has 72 valence electrons. The van der Waals surface area contributed by atoms with Crippen molar-refractivity contribution in [1.29, 1.82) is 0 Å². The molecule has 3 heteroatoms.